The predicted octanol–water partition coefficient (Wildman–Crippen LogP) is 5.54. The van der Waals surface area contributed by atoms with E-state index in [0.717, 1.165) is 5.56 Å². The van der Waals surface area contributed by atoms with Crippen molar-refractivity contribution in [2.75, 3.05) is 0 Å². The zero-order valence-corrected chi connectivity index (χ0v) is 11.5. The third-order valence-electron chi connectivity index (χ3n) is 1.97. The van der Waals surface area contributed by atoms with E-state index in [2.05, 4.69) is 27.4 Å². The van der Waals surface area contributed by atoms with Crippen LogP contribution in [0.15, 0.2) is 35.7 Å². The molecule has 4 heteroatoms. The summed E-state index contributed by atoms with van der Waals surface area (Å²) in [7, 11) is 0. The molecule has 1 atom stereocenters. The molecule has 0 saturated carbocycles. The summed E-state index contributed by atoms with van der Waals surface area (Å²) in [6.07, 6.45) is 0. The van der Waals surface area contributed by atoms with Crippen LogP contribution in [0.5, 0.6) is 0 Å². The SMILES string of the molecule is Clc1cc(Cl)cc(C(Br)c2cccs2)c1. The zero-order chi connectivity index (χ0) is 10.8. The Morgan fingerprint density at radius 1 is 1.13 bits per heavy atom. The van der Waals surface area contributed by atoms with Gasteiger partial charge in [-0.3, -0.25) is 0 Å². The molecule has 2 rings (SSSR count). The van der Waals surface area contributed by atoms with E-state index in [1.54, 1.807) is 17.4 Å². The van der Waals surface area contributed by atoms with Gasteiger partial charge in [0.2, 0.25) is 0 Å². The Morgan fingerprint density at radius 2 is 1.80 bits per heavy atom. The van der Waals surface area contributed by atoms with Gasteiger partial charge >= 0.3 is 0 Å². The van der Waals surface area contributed by atoms with Crippen molar-refractivity contribution in [3.05, 3.63) is 56.2 Å². The first-order valence-corrected chi connectivity index (χ1v) is 6.85. The Kier molecular flexibility index (Phi) is 3.73. The van der Waals surface area contributed by atoms with Gasteiger partial charge in [-0.2, -0.15) is 0 Å². The van der Waals surface area contributed by atoms with Gasteiger partial charge in [-0.1, -0.05) is 45.2 Å². The summed E-state index contributed by atoms with van der Waals surface area (Å²) in [5, 5.41) is 3.38. The average Bonchev–Trinajstić information content (AvgIpc) is 2.67. The first kappa shape index (κ1) is 11.5. The lowest BCUT2D eigenvalue weighted by Gasteiger charge is -2.08. The highest BCUT2D eigenvalue weighted by Gasteiger charge is 2.12. The monoisotopic (exact) mass is 320 g/mol. The second-order valence-corrected chi connectivity index (χ2v) is 5.85. The Balaban J connectivity index is 2.37. The second-order valence-electron chi connectivity index (χ2n) is 3.08. The van der Waals surface area contributed by atoms with E-state index >= 15 is 0 Å². The summed E-state index contributed by atoms with van der Waals surface area (Å²) < 4.78 is 0. The van der Waals surface area contributed by atoms with Gasteiger partial charge in [0.05, 0.1) is 4.83 Å². The van der Waals surface area contributed by atoms with Crippen LogP contribution < -0.4 is 0 Å². The fraction of sp³-hybridized carbons (Fsp3) is 0.0909. The fourth-order valence-electron chi connectivity index (χ4n) is 1.32. The van der Waals surface area contributed by atoms with Crippen molar-refractivity contribution in [2.24, 2.45) is 0 Å². The Hall–Kier alpha value is -0.0200. The lowest BCUT2D eigenvalue weighted by atomic mass is 10.1. The van der Waals surface area contributed by atoms with E-state index in [9.17, 15) is 0 Å². The van der Waals surface area contributed by atoms with Crippen LogP contribution in [0.25, 0.3) is 0 Å². The van der Waals surface area contributed by atoms with Crippen LogP contribution in [0.4, 0.5) is 0 Å². The first-order chi connectivity index (χ1) is 7.16. The molecule has 0 aliphatic carbocycles. The topological polar surface area (TPSA) is 0 Å². The van der Waals surface area contributed by atoms with Gasteiger partial charge in [0.25, 0.3) is 0 Å². The second kappa shape index (κ2) is 4.88. The highest BCUT2D eigenvalue weighted by atomic mass is 79.9. The van der Waals surface area contributed by atoms with Crippen LogP contribution in [0, 0.1) is 0 Å². The molecule has 2 aromatic rings. The van der Waals surface area contributed by atoms with Gasteiger partial charge in [0, 0.05) is 14.9 Å². The number of halogens is 3. The maximum absolute atomic E-state index is 5.95. The summed E-state index contributed by atoms with van der Waals surface area (Å²) in [4.78, 5) is 1.40. The Bertz CT molecular complexity index is 433. The third kappa shape index (κ3) is 2.76. The molecule has 15 heavy (non-hydrogen) atoms. The highest BCUT2D eigenvalue weighted by Crippen LogP contribution is 2.35. The van der Waals surface area contributed by atoms with Crippen molar-refractivity contribution in [1.29, 1.82) is 0 Å². The van der Waals surface area contributed by atoms with Crippen molar-refractivity contribution in [3.8, 4) is 0 Å². The van der Waals surface area contributed by atoms with Crippen molar-refractivity contribution in [3.63, 3.8) is 0 Å². The highest BCUT2D eigenvalue weighted by molar-refractivity contribution is 9.09. The lowest BCUT2D eigenvalue weighted by molar-refractivity contribution is 1.23. The van der Waals surface area contributed by atoms with Gasteiger partial charge in [0.1, 0.15) is 0 Å². The maximum atomic E-state index is 5.95. The molecule has 1 unspecified atom stereocenters. The molecular weight excluding hydrogens is 315 g/mol. The molecule has 1 aromatic carbocycles. The minimum Gasteiger partial charge on any atom is -0.147 e. The molecular formula is C11H7BrCl2S. The largest absolute Gasteiger partial charge is 0.147 e. The number of hydrogen-bond donors (Lipinski definition) is 0. The maximum Gasteiger partial charge on any atom is 0.0739 e. The molecule has 0 aliphatic heterocycles. The number of hydrogen-bond acceptors (Lipinski definition) is 1. The van der Waals surface area contributed by atoms with E-state index < -0.39 is 0 Å². The molecule has 0 aliphatic rings. The molecule has 0 N–H and O–H groups in total. The van der Waals surface area contributed by atoms with E-state index in [-0.39, 0.29) is 4.83 Å². The summed E-state index contributed by atoms with van der Waals surface area (Å²) in [5.41, 5.74) is 1.08. The van der Waals surface area contributed by atoms with Crippen molar-refractivity contribution in [1.82, 2.24) is 0 Å². The summed E-state index contributed by atoms with van der Waals surface area (Å²) in [6, 6.07) is 9.69. The molecule has 0 radical (unpaired) electrons. The molecule has 78 valence electrons. The molecule has 1 heterocycles. The molecule has 0 amide bonds. The fourth-order valence-corrected chi connectivity index (χ4v) is 3.33. The van der Waals surface area contributed by atoms with E-state index in [0.29, 0.717) is 10.0 Å². The molecule has 0 nitrogen and oxygen atoms in total. The van der Waals surface area contributed by atoms with Crippen molar-refractivity contribution >= 4 is 50.5 Å². The smallest absolute Gasteiger partial charge is 0.0739 e. The lowest BCUT2D eigenvalue weighted by Crippen LogP contribution is -1.89. The van der Waals surface area contributed by atoms with E-state index in [4.69, 9.17) is 23.2 Å². The van der Waals surface area contributed by atoms with Gasteiger partial charge in [-0.15, -0.1) is 11.3 Å². The van der Waals surface area contributed by atoms with Crippen LogP contribution in [0.2, 0.25) is 10.0 Å². The first-order valence-electron chi connectivity index (χ1n) is 4.30. The number of thiophene rings is 1. The number of alkyl halides is 1. The summed E-state index contributed by atoms with van der Waals surface area (Å²) in [6.45, 7) is 0. The van der Waals surface area contributed by atoms with Gasteiger partial charge in [-0.05, 0) is 35.2 Å². The number of rotatable bonds is 2. The van der Waals surface area contributed by atoms with Crippen LogP contribution in [-0.4, -0.2) is 0 Å². The summed E-state index contributed by atoms with van der Waals surface area (Å²) in [5.74, 6) is 0. The van der Waals surface area contributed by atoms with E-state index in [1.807, 2.05) is 18.2 Å². The number of benzene rings is 1. The van der Waals surface area contributed by atoms with Crippen LogP contribution in [0.3, 0.4) is 0 Å². The molecule has 0 bridgehead atoms. The van der Waals surface area contributed by atoms with Crippen LogP contribution >= 0.6 is 50.5 Å². The molecule has 0 spiro atoms. The van der Waals surface area contributed by atoms with Crippen LogP contribution in [-0.2, 0) is 0 Å². The van der Waals surface area contributed by atoms with Crippen molar-refractivity contribution in [2.45, 2.75) is 4.83 Å². The normalized spacial score (nSPS) is 12.7. The van der Waals surface area contributed by atoms with Gasteiger partial charge < -0.3 is 0 Å². The minimum atomic E-state index is 0.161. The predicted molar refractivity (Wildman–Crippen MR) is 71.6 cm³/mol. The Morgan fingerprint density at radius 3 is 2.33 bits per heavy atom. The van der Waals surface area contributed by atoms with E-state index in [1.165, 1.54) is 4.88 Å². The third-order valence-corrected chi connectivity index (χ3v) is 4.67. The van der Waals surface area contributed by atoms with Gasteiger partial charge in [0.15, 0.2) is 0 Å². The molecule has 1 aromatic heterocycles. The minimum absolute atomic E-state index is 0.161. The van der Waals surface area contributed by atoms with Crippen molar-refractivity contribution < 1.29 is 0 Å². The van der Waals surface area contributed by atoms with Crippen LogP contribution in [0.1, 0.15) is 15.3 Å². The zero-order valence-electron chi connectivity index (χ0n) is 7.58. The van der Waals surface area contributed by atoms with Gasteiger partial charge in [-0.25, -0.2) is 0 Å². The molecule has 0 saturated heterocycles. The quantitative estimate of drug-likeness (QED) is 0.637. The average molecular weight is 322 g/mol. The Labute approximate surface area is 111 Å². The standard InChI is InChI=1S/C11H7BrCl2S/c12-11(10-2-1-3-15-10)7-4-8(13)6-9(14)5-7/h1-6,11H. The summed E-state index contributed by atoms with van der Waals surface area (Å²) >= 11 is 17.2. The molecule has 0 fully saturated rings.